The molecule has 3 heterocycles. The van der Waals surface area contributed by atoms with Gasteiger partial charge in [-0.2, -0.15) is 0 Å². The number of carbonyl (C=O) groups is 2. The summed E-state index contributed by atoms with van der Waals surface area (Å²) in [6, 6.07) is 5.52. The van der Waals surface area contributed by atoms with Gasteiger partial charge in [-0.25, -0.2) is 0 Å². The van der Waals surface area contributed by atoms with E-state index in [0.717, 1.165) is 0 Å². The zero-order chi connectivity index (χ0) is 26.0. The number of hydrogen-bond acceptors (Lipinski definition) is 9. The van der Waals surface area contributed by atoms with Crippen LogP contribution in [-0.4, -0.2) is 59.5 Å². The third kappa shape index (κ3) is 3.84. The Morgan fingerprint density at radius 3 is 2.61 bits per heavy atom. The summed E-state index contributed by atoms with van der Waals surface area (Å²) in [5, 5.41) is 22.6. The smallest absolute Gasteiger partial charge is 0.305 e. The molecule has 5 atom stereocenters. The van der Waals surface area contributed by atoms with Crippen molar-refractivity contribution >= 4 is 22.7 Å². The molecular formula is C26H30O10. The summed E-state index contributed by atoms with van der Waals surface area (Å²) < 4.78 is 36.5. The molecule has 2 N–H and O–H groups in total. The van der Waals surface area contributed by atoms with Gasteiger partial charge in [0.1, 0.15) is 29.5 Å². The van der Waals surface area contributed by atoms with Crippen LogP contribution in [0.2, 0.25) is 0 Å². The minimum atomic E-state index is -1.89. The number of benzene rings is 2. The second-order valence-electron chi connectivity index (χ2n) is 9.96. The molecule has 10 nitrogen and oxygen atoms in total. The molecule has 1 fully saturated rings. The van der Waals surface area contributed by atoms with E-state index in [1.54, 1.807) is 20.8 Å². The van der Waals surface area contributed by atoms with Gasteiger partial charge in [-0.15, -0.1) is 0 Å². The number of aliphatic hydroxyl groups excluding tert-OH is 1. The van der Waals surface area contributed by atoms with Crippen molar-refractivity contribution in [1.29, 1.82) is 0 Å². The first kappa shape index (κ1) is 24.6. The lowest BCUT2D eigenvalue weighted by Gasteiger charge is -2.51. The van der Waals surface area contributed by atoms with E-state index in [0.29, 0.717) is 39.1 Å². The van der Waals surface area contributed by atoms with Crippen molar-refractivity contribution in [3.05, 3.63) is 29.3 Å². The van der Waals surface area contributed by atoms with E-state index in [-0.39, 0.29) is 19.3 Å². The number of carbonyl (C=O) groups excluding carboxylic acids is 1. The van der Waals surface area contributed by atoms with Crippen LogP contribution in [0.25, 0.3) is 10.8 Å². The van der Waals surface area contributed by atoms with Crippen LogP contribution in [0.15, 0.2) is 18.2 Å². The normalized spacial score (nSPS) is 30.2. The first-order chi connectivity index (χ1) is 17.0. The quantitative estimate of drug-likeness (QED) is 0.602. The Balaban J connectivity index is 1.85. The highest BCUT2D eigenvalue weighted by Gasteiger charge is 2.59. The van der Waals surface area contributed by atoms with Gasteiger partial charge in [0.05, 0.1) is 36.7 Å². The second-order valence-corrected chi connectivity index (χ2v) is 9.96. The van der Waals surface area contributed by atoms with Crippen LogP contribution in [0.1, 0.15) is 51.7 Å². The Morgan fingerprint density at radius 2 is 1.94 bits per heavy atom. The second kappa shape index (κ2) is 8.50. The number of esters is 1. The van der Waals surface area contributed by atoms with E-state index in [1.165, 1.54) is 14.0 Å². The summed E-state index contributed by atoms with van der Waals surface area (Å²) in [5.74, 6) is -3.16. The first-order valence-corrected chi connectivity index (χ1v) is 11.9. The molecule has 10 heteroatoms. The van der Waals surface area contributed by atoms with Crippen molar-refractivity contribution in [2.75, 3.05) is 7.11 Å². The highest BCUT2D eigenvalue weighted by Crippen LogP contribution is 2.57. The Bertz CT molecular complexity index is 1240. The molecule has 0 unspecified atom stereocenters. The highest BCUT2D eigenvalue weighted by molar-refractivity contribution is 6.01. The van der Waals surface area contributed by atoms with Crippen molar-refractivity contribution in [3.63, 3.8) is 0 Å². The maximum Gasteiger partial charge on any atom is 0.305 e. The van der Waals surface area contributed by atoms with Gasteiger partial charge < -0.3 is 38.6 Å². The van der Waals surface area contributed by atoms with Crippen LogP contribution in [0.3, 0.4) is 0 Å². The van der Waals surface area contributed by atoms with Gasteiger partial charge in [0, 0.05) is 44.6 Å². The van der Waals surface area contributed by atoms with Crippen LogP contribution in [0.5, 0.6) is 17.2 Å². The minimum absolute atomic E-state index is 0.174. The zero-order valence-corrected chi connectivity index (χ0v) is 20.8. The van der Waals surface area contributed by atoms with Crippen LogP contribution >= 0.6 is 0 Å². The van der Waals surface area contributed by atoms with Gasteiger partial charge >= 0.3 is 11.9 Å². The summed E-state index contributed by atoms with van der Waals surface area (Å²) in [6.45, 7) is 6.56. The number of aliphatic hydroxyl groups is 1. The minimum Gasteiger partial charge on any atom is -0.496 e. The van der Waals surface area contributed by atoms with Gasteiger partial charge in [0.15, 0.2) is 0 Å². The topological polar surface area (TPSA) is 130 Å². The van der Waals surface area contributed by atoms with E-state index in [2.05, 4.69) is 0 Å². The fourth-order valence-electron chi connectivity index (χ4n) is 5.64. The SMILES string of the molecule is COc1c2c(c3c4c(cccc14)OC(C)(C)O3)[C@@]1(O[C@@H](CC(=O)O)C2)O[C@@H](C)C[C@H](OC(C)=O)[C@@H]1O. The van der Waals surface area contributed by atoms with Crippen molar-refractivity contribution in [2.45, 2.75) is 82.9 Å². The Morgan fingerprint density at radius 1 is 1.19 bits per heavy atom. The van der Waals surface area contributed by atoms with Crippen molar-refractivity contribution in [2.24, 2.45) is 0 Å². The average molecular weight is 503 g/mol. The van der Waals surface area contributed by atoms with Gasteiger partial charge in [-0.1, -0.05) is 12.1 Å². The molecule has 0 amide bonds. The summed E-state index contributed by atoms with van der Waals surface area (Å²) in [7, 11) is 1.52. The lowest BCUT2D eigenvalue weighted by Crippen LogP contribution is -2.61. The predicted octanol–water partition coefficient (Wildman–Crippen LogP) is 3.03. The van der Waals surface area contributed by atoms with Gasteiger partial charge in [-0.05, 0) is 13.0 Å². The van der Waals surface area contributed by atoms with Crippen LogP contribution in [0, 0.1) is 0 Å². The summed E-state index contributed by atoms with van der Waals surface area (Å²) in [5.41, 5.74) is 0.982. The lowest BCUT2D eigenvalue weighted by molar-refractivity contribution is -0.366. The standard InChI is InChI=1S/C26H30O10/c1-12-9-18(32-13(2)27)24(30)26(33-12)21-16(10-14(34-26)11-19(28)29)22(31-5)15-7-6-8-17-20(15)23(21)36-25(3,4)35-17/h6-8,12,14,18,24,30H,9-11H2,1-5H3,(H,28,29)/t12-,14+,18-,24-,26-/m0/s1. The van der Waals surface area contributed by atoms with Crippen LogP contribution in [-0.2, 0) is 36.0 Å². The molecule has 1 spiro atoms. The molecule has 3 aliphatic rings. The molecule has 2 aromatic carbocycles. The van der Waals surface area contributed by atoms with Gasteiger partial charge in [0.25, 0.3) is 0 Å². The predicted molar refractivity (Wildman–Crippen MR) is 125 cm³/mol. The Kier molecular flexibility index (Phi) is 5.81. The summed E-state index contributed by atoms with van der Waals surface area (Å²) >= 11 is 0. The number of ether oxygens (including phenoxy) is 6. The lowest BCUT2D eigenvalue weighted by atomic mass is 9.80. The molecule has 0 aliphatic carbocycles. The third-order valence-electron chi connectivity index (χ3n) is 6.73. The monoisotopic (exact) mass is 502 g/mol. The molecular weight excluding hydrogens is 472 g/mol. The number of carboxylic acids is 1. The maximum absolute atomic E-state index is 11.9. The van der Waals surface area contributed by atoms with E-state index in [9.17, 15) is 19.8 Å². The fourth-order valence-corrected chi connectivity index (χ4v) is 5.64. The number of carboxylic acid groups (broad SMARTS) is 1. The molecule has 0 saturated carbocycles. The third-order valence-corrected chi connectivity index (χ3v) is 6.73. The number of fused-ring (bicyclic) bond motifs is 3. The van der Waals surface area contributed by atoms with Gasteiger partial charge in [0.2, 0.25) is 11.6 Å². The van der Waals surface area contributed by atoms with Crippen molar-refractivity contribution < 1.29 is 48.2 Å². The van der Waals surface area contributed by atoms with Crippen molar-refractivity contribution in [3.8, 4) is 17.2 Å². The summed E-state index contributed by atoms with van der Waals surface area (Å²) in [6.07, 6.45) is -3.74. The van der Waals surface area contributed by atoms with E-state index in [1.807, 2.05) is 18.2 Å². The highest BCUT2D eigenvalue weighted by atomic mass is 16.7. The zero-order valence-electron chi connectivity index (χ0n) is 20.8. The maximum atomic E-state index is 11.9. The van der Waals surface area contributed by atoms with Gasteiger partial charge in [-0.3, -0.25) is 9.59 Å². The van der Waals surface area contributed by atoms with Crippen LogP contribution < -0.4 is 14.2 Å². The molecule has 0 aromatic heterocycles. The number of hydrogen-bond donors (Lipinski definition) is 2. The number of methoxy groups -OCH3 is 1. The molecule has 1 saturated heterocycles. The number of aliphatic carboxylic acids is 1. The van der Waals surface area contributed by atoms with Crippen molar-refractivity contribution in [1.82, 2.24) is 0 Å². The molecule has 3 aliphatic heterocycles. The molecule has 5 rings (SSSR count). The largest absolute Gasteiger partial charge is 0.496 e. The summed E-state index contributed by atoms with van der Waals surface area (Å²) in [4.78, 5) is 23.6. The van der Waals surface area contributed by atoms with E-state index in [4.69, 9.17) is 28.4 Å². The first-order valence-electron chi connectivity index (χ1n) is 11.9. The van der Waals surface area contributed by atoms with E-state index >= 15 is 0 Å². The molecule has 194 valence electrons. The average Bonchev–Trinajstić information content (AvgIpc) is 2.75. The van der Waals surface area contributed by atoms with Crippen LogP contribution in [0.4, 0.5) is 0 Å². The van der Waals surface area contributed by atoms with E-state index < -0.39 is 47.9 Å². The molecule has 0 bridgehead atoms. The molecule has 0 radical (unpaired) electrons. The number of rotatable bonds is 4. The Labute approximate surface area is 208 Å². The molecule has 36 heavy (non-hydrogen) atoms. The fraction of sp³-hybridized carbons (Fsp3) is 0.538. The Hall–Kier alpha value is -3.08. The molecule has 2 aromatic rings.